The molecular weight excluding hydrogens is 234 g/mol. The Labute approximate surface area is 110 Å². The number of likely N-dealkylation sites (N-methyl/N-ethyl adjacent to an activating group) is 1. The molecule has 0 aromatic carbocycles. The fourth-order valence-electron chi connectivity index (χ4n) is 1.90. The van der Waals surface area contributed by atoms with Crippen molar-refractivity contribution in [3.8, 4) is 0 Å². The molecule has 18 heavy (non-hydrogen) atoms. The van der Waals surface area contributed by atoms with E-state index < -0.39 is 11.5 Å². The summed E-state index contributed by atoms with van der Waals surface area (Å²) in [5.74, 6) is -0.777. The third-order valence-electron chi connectivity index (χ3n) is 3.00. The second-order valence-electron chi connectivity index (χ2n) is 4.18. The summed E-state index contributed by atoms with van der Waals surface area (Å²) in [7, 11) is 0. The normalized spacial score (nSPS) is 14.4. The lowest BCUT2D eigenvalue weighted by atomic mass is 9.90. The third kappa shape index (κ3) is 6.33. The van der Waals surface area contributed by atoms with Crippen molar-refractivity contribution in [1.82, 2.24) is 5.32 Å². The van der Waals surface area contributed by atoms with E-state index >= 15 is 0 Å². The van der Waals surface area contributed by atoms with Gasteiger partial charge in [-0.2, -0.15) is 0 Å². The van der Waals surface area contributed by atoms with Crippen LogP contribution in [0.1, 0.15) is 40.0 Å². The largest absolute Gasteiger partial charge is 0.480 e. The fraction of sp³-hybridized carbons (Fsp3) is 0.923. The molecule has 0 aromatic heterocycles. The minimum atomic E-state index is -0.808. The number of hydrogen-bond donors (Lipinski definition) is 2. The van der Waals surface area contributed by atoms with Gasteiger partial charge in [-0.1, -0.05) is 13.8 Å². The van der Waals surface area contributed by atoms with Gasteiger partial charge in [0.05, 0.1) is 13.2 Å². The van der Waals surface area contributed by atoms with E-state index in [2.05, 4.69) is 5.32 Å². The Hall–Kier alpha value is -0.650. The molecule has 0 aliphatic rings. The van der Waals surface area contributed by atoms with E-state index in [-0.39, 0.29) is 0 Å². The molecule has 1 atom stereocenters. The molecule has 0 amide bonds. The Balaban J connectivity index is 3.86. The molecule has 108 valence electrons. The Morgan fingerprint density at radius 1 is 1.17 bits per heavy atom. The number of rotatable bonds is 12. The van der Waals surface area contributed by atoms with Crippen LogP contribution in [0.25, 0.3) is 0 Å². The minimum Gasteiger partial charge on any atom is -0.480 e. The highest BCUT2D eigenvalue weighted by Gasteiger charge is 2.34. The zero-order valence-corrected chi connectivity index (χ0v) is 11.8. The van der Waals surface area contributed by atoms with Crippen molar-refractivity contribution >= 4 is 5.97 Å². The van der Waals surface area contributed by atoms with Gasteiger partial charge >= 0.3 is 5.97 Å². The van der Waals surface area contributed by atoms with Crippen molar-refractivity contribution in [2.75, 3.05) is 33.0 Å². The van der Waals surface area contributed by atoms with Gasteiger partial charge in [0.25, 0.3) is 0 Å². The third-order valence-corrected chi connectivity index (χ3v) is 3.00. The maximum atomic E-state index is 11.3. The highest BCUT2D eigenvalue weighted by molar-refractivity contribution is 5.78. The maximum absolute atomic E-state index is 11.3. The quantitative estimate of drug-likeness (QED) is 0.523. The summed E-state index contributed by atoms with van der Waals surface area (Å²) in [5, 5.41) is 12.4. The van der Waals surface area contributed by atoms with Gasteiger partial charge in [-0.3, -0.25) is 4.79 Å². The average molecular weight is 261 g/mol. The van der Waals surface area contributed by atoms with E-state index in [4.69, 9.17) is 9.47 Å². The van der Waals surface area contributed by atoms with Crippen molar-refractivity contribution in [2.45, 2.75) is 45.6 Å². The lowest BCUT2D eigenvalue weighted by Gasteiger charge is -2.29. The van der Waals surface area contributed by atoms with Crippen LogP contribution in [-0.2, 0) is 14.3 Å². The molecule has 0 saturated heterocycles. The molecule has 0 aliphatic carbocycles. The first-order valence-electron chi connectivity index (χ1n) is 6.76. The zero-order chi connectivity index (χ0) is 13.9. The van der Waals surface area contributed by atoms with Gasteiger partial charge < -0.3 is 19.9 Å². The Bertz CT molecular complexity index is 223. The van der Waals surface area contributed by atoms with Crippen LogP contribution >= 0.6 is 0 Å². The number of aliphatic carboxylic acids is 1. The Kier molecular flexibility index (Phi) is 9.92. The summed E-state index contributed by atoms with van der Waals surface area (Å²) in [5.41, 5.74) is -0.808. The van der Waals surface area contributed by atoms with E-state index in [1.54, 1.807) is 0 Å². The summed E-state index contributed by atoms with van der Waals surface area (Å²) in [6.07, 6.45) is 1.90. The number of carboxylic acid groups (broad SMARTS) is 1. The maximum Gasteiger partial charge on any atom is 0.323 e. The van der Waals surface area contributed by atoms with Gasteiger partial charge in [0.2, 0.25) is 0 Å². The fourth-order valence-corrected chi connectivity index (χ4v) is 1.90. The molecule has 0 aliphatic heterocycles. The molecule has 0 bridgehead atoms. The first-order chi connectivity index (χ1) is 8.63. The summed E-state index contributed by atoms with van der Waals surface area (Å²) >= 11 is 0. The topological polar surface area (TPSA) is 67.8 Å². The van der Waals surface area contributed by atoms with Crippen LogP contribution in [0.15, 0.2) is 0 Å². The lowest BCUT2D eigenvalue weighted by molar-refractivity contribution is -0.145. The Morgan fingerprint density at radius 3 is 2.33 bits per heavy atom. The molecule has 1 unspecified atom stereocenters. The zero-order valence-electron chi connectivity index (χ0n) is 11.8. The van der Waals surface area contributed by atoms with Crippen LogP contribution in [0.3, 0.4) is 0 Å². The molecule has 0 rings (SSSR count). The molecular formula is C13H27NO4. The number of hydrogen-bond acceptors (Lipinski definition) is 4. The predicted molar refractivity (Wildman–Crippen MR) is 70.9 cm³/mol. The van der Waals surface area contributed by atoms with Crippen molar-refractivity contribution < 1.29 is 19.4 Å². The van der Waals surface area contributed by atoms with Crippen LogP contribution < -0.4 is 5.32 Å². The van der Waals surface area contributed by atoms with Crippen LogP contribution in [0.2, 0.25) is 0 Å². The van der Waals surface area contributed by atoms with Gasteiger partial charge in [0, 0.05) is 13.2 Å². The molecule has 0 spiro atoms. The van der Waals surface area contributed by atoms with E-state index in [0.717, 1.165) is 6.42 Å². The molecule has 0 heterocycles. The molecule has 5 heteroatoms. The summed E-state index contributed by atoms with van der Waals surface area (Å²) in [6.45, 7) is 8.86. The molecule has 0 aromatic rings. The summed E-state index contributed by atoms with van der Waals surface area (Å²) in [4.78, 5) is 11.3. The van der Waals surface area contributed by atoms with Crippen molar-refractivity contribution in [3.05, 3.63) is 0 Å². The van der Waals surface area contributed by atoms with Crippen molar-refractivity contribution in [1.29, 1.82) is 0 Å². The second-order valence-corrected chi connectivity index (χ2v) is 4.18. The van der Waals surface area contributed by atoms with Gasteiger partial charge in [-0.25, -0.2) is 0 Å². The van der Waals surface area contributed by atoms with E-state index in [1.165, 1.54) is 0 Å². The number of carboxylic acids is 1. The summed E-state index contributed by atoms with van der Waals surface area (Å²) < 4.78 is 10.5. The number of carbonyl (C=O) groups is 1. The summed E-state index contributed by atoms with van der Waals surface area (Å²) in [6, 6.07) is 0. The van der Waals surface area contributed by atoms with Crippen molar-refractivity contribution in [3.63, 3.8) is 0 Å². The first-order valence-corrected chi connectivity index (χ1v) is 6.76. The molecule has 0 fully saturated rings. The highest BCUT2D eigenvalue weighted by atomic mass is 16.5. The molecule has 0 radical (unpaired) electrons. The van der Waals surface area contributed by atoms with Gasteiger partial charge in [0.1, 0.15) is 5.54 Å². The smallest absolute Gasteiger partial charge is 0.323 e. The van der Waals surface area contributed by atoms with E-state index in [9.17, 15) is 9.90 Å². The van der Waals surface area contributed by atoms with Crippen LogP contribution in [0, 0.1) is 0 Å². The van der Waals surface area contributed by atoms with Gasteiger partial charge in [0.15, 0.2) is 0 Å². The van der Waals surface area contributed by atoms with Crippen LogP contribution in [0.5, 0.6) is 0 Å². The molecule has 0 saturated carbocycles. The number of ether oxygens (including phenoxy) is 2. The van der Waals surface area contributed by atoms with Crippen LogP contribution in [0.4, 0.5) is 0 Å². The second kappa shape index (κ2) is 10.3. The first kappa shape index (κ1) is 17.4. The predicted octanol–water partition coefficient (Wildman–Crippen LogP) is 1.66. The number of nitrogens with one attached hydrogen (secondary N) is 1. The van der Waals surface area contributed by atoms with Gasteiger partial charge in [-0.05, 0) is 32.7 Å². The minimum absolute atomic E-state index is 0.571. The highest BCUT2D eigenvalue weighted by Crippen LogP contribution is 2.18. The standard InChI is InChI=1S/C13H27NO4/c1-4-13(12(15)16,14-5-2)8-7-9-18-11-10-17-6-3/h14H,4-11H2,1-3H3,(H,15,16). The lowest BCUT2D eigenvalue weighted by Crippen LogP contribution is -2.51. The van der Waals surface area contributed by atoms with E-state index in [0.29, 0.717) is 45.8 Å². The SMILES string of the molecule is CCNC(CC)(CCCOCCOCC)C(=O)O. The van der Waals surface area contributed by atoms with Crippen molar-refractivity contribution in [2.24, 2.45) is 0 Å². The Morgan fingerprint density at radius 2 is 1.83 bits per heavy atom. The van der Waals surface area contributed by atoms with Gasteiger partial charge in [-0.15, -0.1) is 0 Å². The van der Waals surface area contributed by atoms with E-state index in [1.807, 2.05) is 20.8 Å². The monoisotopic (exact) mass is 261 g/mol. The average Bonchev–Trinajstić information content (AvgIpc) is 2.36. The van der Waals surface area contributed by atoms with Crippen LogP contribution in [-0.4, -0.2) is 49.6 Å². The molecule has 5 nitrogen and oxygen atoms in total. The molecule has 2 N–H and O–H groups in total.